The van der Waals surface area contributed by atoms with Gasteiger partial charge in [-0.1, -0.05) is 0 Å². The van der Waals surface area contributed by atoms with E-state index in [9.17, 15) is 18.9 Å². The normalized spacial score (nSPS) is 10.8. The van der Waals surface area contributed by atoms with Crippen LogP contribution in [-0.2, 0) is 6.54 Å². The average molecular weight is 191 g/mol. The van der Waals surface area contributed by atoms with Crippen LogP contribution in [0.5, 0.6) is 0 Å². The second-order valence-electron chi connectivity index (χ2n) is 2.42. The molecule has 1 rings (SSSR count). The smallest absolute Gasteiger partial charge is 0.343 e. The lowest BCUT2D eigenvalue weighted by molar-refractivity contribution is -0.392. The number of nitrogens with zero attached hydrogens (tertiary/aromatic N) is 3. The van der Waals surface area contributed by atoms with Gasteiger partial charge in [0.1, 0.15) is 6.20 Å². The highest BCUT2D eigenvalue weighted by molar-refractivity contribution is 5.18. The summed E-state index contributed by atoms with van der Waals surface area (Å²) in [5.74, 6) is -0.190. The number of hydrogen-bond donors (Lipinski definition) is 0. The molecule has 0 amide bonds. The van der Waals surface area contributed by atoms with Crippen molar-refractivity contribution in [1.29, 1.82) is 0 Å². The van der Waals surface area contributed by atoms with Crippen molar-refractivity contribution >= 4 is 5.82 Å². The van der Waals surface area contributed by atoms with Crippen molar-refractivity contribution < 1.29 is 13.7 Å². The molecule has 0 aliphatic carbocycles. The Morgan fingerprint density at radius 3 is 2.85 bits per heavy atom. The minimum Gasteiger partial charge on any atom is -0.358 e. The van der Waals surface area contributed by atoms with Crippen molar-refractivity contribution in [1.82, 2.24) is 9.55 Å². The van der Waals surface area contributed by atoms with Crippen molar-refractivity contribution in [2.45, 2.75) is 19.9 Å². The fraction of sp³-hybridized carbons (Fsp3) is 0.500. The van der Waals surface area contributed by atoms with E-state index in [2.05, 4.69) is 4.98 Å². The van der Waals surface area contributed by atoms with E-state index in [0.717, 1.165) is 10.8 Å². The van der Waals surface area contributed by atoms with E-state index in [4.69, 9.17) is 0 Å². The molecular weight excluding hydrogens is 184 g/mol. The van der Waals surface area contributed by atoms with Gasteiger partial charge in [0.15, 0.2) is 12.4 Å². The summed E-state index contributed by atoms with van der Waals surface area (Å²) in [6.45, 7) is 0.748. The third-order valence-corrected chi connectivity index (χ3v) is 1.54. The quantitative estimate of drug-likeness (QED) is 0.535. The molecule has 7 heteroatoms. The molecule has 0 N–H and O–H groups in total. The van der Waals surface area contributed by atoms with E-state index in [1.54, 1.807) is 0 Å². The Bertz CT molecular complexity index is 324. The molecule has 0 aliphatic heterocycles. The predicted octanol–water partition coefficient (Wildman–Crippen LogP) is 1.36. The summed E-state index contributed by atoms with van der Waals surface area (Å²) >= 11 is 0. The lowest BCUT2D eigenvalue weighted by Crippen LogP contribution is -2.10. The summed E-state index contributed by atoms with van der Waals surface area (Å²) in [5, 5.41) is 10.3. The summed E-state index contributed by atoms with van der Waals surface area (Å²) in [4.78, 5) is 13.2. The van der Waals surface area contributed by atoms with Gasteiger partial charge in [-0.25, -0.2) is 18.3 Å². The molecule has 0 bridgehead atoms. The van der Waals surface area contributed by atoms with Crippen molar-refractivity contribution in [3.63, 3.8) is 0 Å². The standard InChI is InChI=1S/C6H7F2N3O2/c1-4-9-2-6(11(12)13)10(4)3-5(7)8/h2,5H,3H2,1H3. The summed E-state index contributed by atoms with van der Waals surface area (Å²) in [5.41, 5.74) is 0. The third-order valence-electron chi connectivity index (χ3n) is 1.54. The Balaban J connectivity index is 3.01. The second-order valence-corrected chi connectivity index (χ2v) is 2.42. The topological polar surface area (TPSA) is 61.0 Å². The first kappa shape index (κ1) is 9.56. The molecule has 0 aromatic carbocycles. The molecule has 1 heterocycles. The molecule has 0 atom stereocenters. The molecule has 0 aliphatic rings. The third kappa shape index (κ3) is 1.98. The fourth-order valence-corrected chi connectivity index (χ4v) is 0.966. The minimum atomic E-state index is -2.62. The van der Waals surface area contributed by atoms with Crippen LogP contribution in [0.3, 0.4) is 0 Å². The van der Waals surface area contributed by atoms with Crippen molar-refractivity contribution in [2.24, 2.45) is 0 Å². The van der Waals surface area contributed by atoms with Crippen LogP contribution in [0.2, 0.25) is 0 Å². The minimum absolute atomic E-state index is 0.215. The van der Waals surface area contributed by atoms with E-state index in [1.165, 1.54) is 6.92 Å². The van der Waals surface area contributed by atoms with Gasteiger partial charge in [0, 0.05) is 6.92 Å². The molecule has 5 nitrogen and oxygen atoms in total. The van der Waals surface area contributed by atoms with Gasteiger partial charge >= 0.3 is 5.82 Å². The van der Waals surface area contributed by atoms with Crippen molar-refractivity contribution in [3.05, 3.63) is 22.1 Å². The SMILES string of the molecule is Cc1ncc([N+](=O)[O-])n1CC(F)F. The highest BCUT2D eigenvalue weighted by atomic mass is 19.3. The number of halogens is 2. The van der Waals surface area contributed by atoms with Gasteiger partial charge in [0.25, 0.3) is 6.43 Å². The molecule has 0 saturated heterocycles. The van der Waals surface area contributed by atoms with Gasteiger partial charge in [0.05, 0.1) is 0 Å². The molecule has 0 spiro atoms. The van der Waals surface area contributed by atoms with Crippen LogP contribution >= 0.6 is 0 Å². The van der Waals surface area contributed by atoms with Gasteiger partial charge < -0.3 is 10.1 Å². The molecule has 1 aromatic heterocycles. The molecule has 13 heavy (non-hydrogen) atoms. The first-order chi connectivity index (χ1) is 6.02. The van der Waals surface area contributed by atoms with Crippen molar-refractivity contribution in [2.75, 3.05) is 0 Å². The van der Waals surface area contributed by atoms with Gasteiger partial charge in [0.2, 0.25) is 0 Å². The maximum atomic E-state index is 12.0. The molecule has 0 fully saturated rings. The number of alkyl halides is 2. The van der Waals surface area contributed by atoms with E-state index in [-0.39, 0.29) is 5.82 Å². The number of imidazole rings is 1. The largest absolute Gasteiger partial charge is 0.358 e. The highest BCUT2D eigenvalue weighted by Gasteiger charge is 2.20. The number of rotatable bonds is 3. The summed E-state index contributed by atoms with van der Waals surface area (Å²) < 4.78 is 24.8. The van der Waals surface area contributed by atoms with Crippen molar-refractivity contribution in [3.8, 4) is 0 Å². The Morgan fingerprint density at radius 1 is 1.77 bits per heavy atom. The van der Waals surface area contributed by atoms with Crippen LogP contribution in [0.25, 0.3) is 0 Å². The van der Waals surface area contributed by atoms with Gasteiger partial charge in [-0.3, -0.25) is 0 Å². The van der Waals surface area contributed by atoms with Crippen LogP contribution in [0.1, 0.15) is 5.82 Å². The lowest BCUT2D eigenvalue weighted by atomic mass is 10.6. The second kappa shape index (κ2) is 3.46. The lowest BCUT2D eigenvalue weighted by Gasteiger charge is -2.00. The zero-order valence-corrected chi connectivity index (χ0v) is 6.78. The molecule has 0 radical (unpaired) electrons. The summed E-state index contributed by atoms with van der Waals surface area (Å²) in [6, 6.07) is 0. The number of aryl methyl sites for hydroxylation is 1. The summed E-state index contributed by atoms with van der Waals surface area (Å²) in [6.07, 6.45) is -1.65. The molecule has 0 saturated carbocycles. The Morgan fingerprint density at radius 2 is 2.38 bits per heavy atom. The molecule has 1 aromatic rings. The molecule has 72 valence electrons. The Kier molecular flexibility index (Phi) is 2.54. The zero-order chi connectivity index (χ0) is 10.0. The monoisotopic (exact) mass is 191 g/mol. The number of aromatic nitrogens is 2. The van der Waals surface area contributed by atoms with Crippen LogP contribution in [0.4, 0.5) is 14.6 Å². The maximum absolute atomic E-state index is 12.0. The zero-order valence-electron chi connectivity index (χ0n) is 6.78. The highest BCUT2D eigenvalue weighted by Crippen LogP contribution is 2.15. The van der Waals surface area contributed by atoms with Gasteiger partial charge in [-0.2, -0.15) is 0 Å². The van der Waals surface area contributed by atoms with E-state index < -0.39 is 23.7 Å². The maximum Gasteiger partial charge on any atom is 0.343 e. The molecule has 0 unspecified atom stereocenters. The molecular formula is C6H7F2N3O2. The van der Waals surface area contributed by atoms with E-state index in [1.807, 2.05) is 0 Å². The van der Waals surface area contributed by atoms with Crippen LogP contribution in [-0.4, -0.2) is 20.9 Å². The average Bonchev–Trinajstić information content (AvgIpc) is 2.32. The fourth-order valence-electron chi connectivity index (χ4n) is 0.966. The number of nitro groups is 1. The predicted molar refractivity (Wildman–Crippen MR) is 39.6 cm³/mol. The van der Waals surface area contributed by atoms with Crippen LogP contribution < -0.4 is 0 Å². The Hall–Kier alpha value is -1.53. The van der Waals surface area contributed by atoms with Gasteiger partial charge in [-0.15, -0.1) is 0 Å². The van der Waals surface area contributed by atoms with Crippen LogP contribution in [0, 0.1) is 17.0 Å². The number of hydrogen-bond acceptors (Lipinski definition) is 3. The van der Waals surface area contributed by atoms with Gasteiger partial charge in [-0.05, 0) is 4.92 Å². The van der Waals surface area contributed by atoms with E-state index in [0.29, 0.717) is 0 Å². The Labute approximate surface area is 72.1 Å². The van der Waals surface area contributed by atoms with Crippen LogP contribution in [0.15, 0.2) is 6.20 Å². The first-order valence-corrected chi connectivity index (χ1v) is 3.47. The van der Waals surface area contributed by atoms with E-state index >= 15 is 0 Å². The first-order valence-electron chi connectivity index (χ1n) is 3.47. The summed E-state index contributed by atoms with van der Waals surface area (Å²) in [7, 11) is 0.